The van der Waals surface area contributed by atoms with Gasteiger partial charge in [0.25, 0.3) is 0 Å². The van der Waals surface area contributed by atoms with Crippen LogP contribution in [0.4, 0.5) is 0 Å². The minimum absolute atomic E-state index is 0.897. The molecule has 0 saturated carbocycles. The number of methoxy groups -OCH3 is 1. The van der Waals surface area contributed by atoms with Crippen LogP contribution in [0.15, 0.2) is 29.3 Å². The minimum atomic E-state index is 0.897. The maximum Gasteiger partial charge on any atom is 0.118 e. The summed E-state index contributed by atoms with van der Waals surface area (Å²) >= 11 is 0. The molecule has 0 amide bonds. The van der Waals surface area contributed by atoms with Gasteiger partial charge in [-0.25, -0.2) is 0 Å². The molecule has 1 aromatic rings. The summed E-state index contributed by atoms with van der Waals surface area (Å²) in [6.07, 6.45) is 21.6. The molecule has 2 heteroatoms. The molecule has 0 saturated heterocycles. The van der Waals surface area contributed by atoms with Gasteiger partial charge in [-0.3, -0.25) is 4.99 Å². The fraction of sp³-hybridized carbons (Fsp3) is 0.708. The molecule has 0 fully saturated rings. The van der Waals surface area contributed by atoms with Crippen molar-refractivity contribution < 1.29 is 4.74 Å². The number of hydrogen-bond donors (Lipinski definition) is 0. The quantitative estimate of drug-likeness (QED) is 0.207. The fourth-order valence-electron chi connectivity index (χ4n) is 3.26. The summed E-state index contributed by atoms with van der Waals surface area (Å²) in [5.74, 6) is 0.897. The molecular formula is C24H41NO. The van der Waals surface area contributed by atoms with Crippen molar-refractivity contribution in [3.63, 3.8) is 0 Å². The number of benzene rings is 1. The Balaban J connectivity index is 1.82. The van der Waals surface area contributed by atoms with Crippen LogP contribution >= 0.6 is 0 Å². The summed E-state index contributed by atoms with van der Waals surface area (Å²) in [6, 6.07) is 8.06. The number of hydrogen-bond acceptors (Lipinski definition) is 2. The Kier molecular flexibility index (Phi) is 15.0. The number of ether oxygens (including phenoxy) is 1. The summed E-state index contributed by atoms with van der Waals surface area (Å²) in [4.78, 5) is 4.53. The lowest BCUT2D eigenvalue weighted by atomic mass is 10.0. The van der Waals surface area contributed by atoms with E-state index < -0.39 is 0 Å². The van der Waals surface area contributed by atoms with Crippen molar-refractivity contribution in [1.82, 2.24) is 0 Å². The van der Waals surface area contributed by atoms with E-state index in [0.717, 1.165) is 17.9 Å². The topological polar surface area (TPSA) is 21.6 Å². The summed E-state index contributed by atoms with van der Waals surface area (Å²) in [6.45, 7) is 3.24. The second kappa shape index (κ2) is 17.1. The van der Waals surface area contributed by atoms with Gasteiger partial charge in [-0.1, -0.05) is 90.4 Å². The van der Waals surface area contributed by atoms with Gasteiger partial charge in [0.1, 0.15) is 5.75 Å². The first-order valence-corrected chi connectivity index (χ1v) is 11.0. The van der Waals surface area contributed by atoms with Crippen LogP contribution in [-0.4, -0.2) is 19.9 Å². The zero-order valence-electron chi connectivity index (χ0n) is 17.3. The second-order valence-electron chi connectivity index (χ2n) is 7.40. The van der Waals surface area contributed by atoms with E-state index in [1.165, 1.54) is 89.9 Å². The Morgan fingerprint density at radius 3 is 1.62 bits per heavy atom. The van der Waals surface area contributed by atoms with Crippen molar-refractivity contribution in [2.24, 2.45) is 4.99 Å². The van der Waals surface area contributed by atoms with Crippen LogP contribution in [0.3, 0.4) is 0 Å². The molecule has 1 rings (SSSR count). The summed E-state index contributed by atoms with van der Waals surface area (Å²) in [5.41, 5.74) is 1.15. The third-order valence-electron chi connectivity index (χ3n) is 5.00. The minimum Gasteiger partial charge on any atom is -0.497 e. The number of nitrogens with zero attached hydrogens (tertiary/aromatic N) is 1. The lowest BCUT2D eigenvalue weighted by molar-refractivity contribution is 0.415. The van der Waals surface area contributed by atoms with E-state index >= 15 is 0 Å². The van der Waals surface area contributed by atoms with Gasteiger partial charge in [0.05, 0.1) is 7.11 Å². The highest BCUT2D eigenvalue weighted by atomic mass is 16.5. The van der Waals surface area contributed by atoms with Crippen LogP contribution in [0.2, 0.25) is 0 Å². The summed E-state index contributed by atoms with van der Waals surface area (Å²) in [7, 11) is 1.69. The van der Waals surface area contributed by atoms with Gasteiger partial charge in [0, 0.05) is 12.8 Å². The Hall–Kier alpha value is -1.31. The first kappa shape index (κ1) is 22.7. The summed E-state index contributed by atoms with van der Waals surface area (Å²) in [5, 5.41) is 0. The Bertz CT molecular complexity index is 438. The molecule has 26 heavy (non-hydrogen) atoms. The van der Waals surface area contributed by atoms with Crippen LogP contribution in [0, 0.1) is 0 Å². The zero-order chi connectivity index (χ0) is 18.7. The van der Waals surface area contributed by atoms with Crippen molar-refractivity contribution in [2.45, 2.75) is 96.8 Å². The second-order valence-corrected chi connectivity index (χ2v) is 7.40. The third kappa shape index (κ3) is 13.0. The van der Waals surface area contributed by atoms with Gasteiger partial charge in [-0.2, -0.15) is 0 Å². The van der Waals surface area contributed by atoms with Gasteiger partial charge < -0.3 is 4.74 Å². The van der Waals surface area contributed by atoms with Crippen molar-refractivity contribution >= 4 is 6.21 Å². The molecule has 0 aromatic heterocycles. The van der Waals surface area contributed by atoms with Crippen LogP contribution in [0.5, 0.6) is 5.75 Å². The standard InChI is InChI=1S/C24H41NO/c1-3-4-5-6-7-8-9-10-11-12-13-14-15-16-21-25-22-23-17-19-24(26-2)20-18-23/h17-20,22H,3-16,21H2,1-2H3. The lowest BCUT2D eigenvalue weighted by Crippen LogP contribution is -1.87. The maximum atomic E-state index is 5.16. The smallest absolute Gasteiger partial charge is 0.118 e. The molecule has 2 nitrogen and oxygen atoms in total. The molecule has 0 radical (unpaired) electrons. The normalized spacial score (nSPS) is 11.3. The molecule has 0 heterocycles. The first-order chi connectivity index (χ1) is 12.9. The maximum absolute atomic E-state index is 5.16. The molecule has 0 bridgehead atoms. The van der Waals surface area contributed by atoms with E-state index in [0.29, 0.717) is 0 Å². The molecule has 0 N–H and O–H groups in total. The summed E-state index contributed by atoms with van der Waals surface area (Å²) < 4.78 is 5.16. The highest BCUT2D eigenvalue weighted by Crippen LogP contribution is 2.13. The van der Waals surface area contributed by atoms with Crippen LogP contribution in [0.1, 0.15) is 102 Å². The predicted octanol–water partition coefficient (Wildman–Crippen LogP) is 7.60. The van der Waals surface area contributed by atoms with Gasteiger partial charge in [-0.15, -0.1) is 0 Å². The van der Waals surface area contributed by atoms with Crippen molar-refractivity contribution in [3.8, 4) is 5.75 Å². The van der Waals surface area contributed by atoms with Crippen molar-refractivity contribution in [3.05, 3.63) is 29.8 Å². The number of unbranched alkanes of at least 4 members (excludes halogenated alkanes) is 13. The van der Waals surface area contributed by atoms with E-state index in [1.807, 2.05) is 30.5 Å². The first-order valence-electron chi connectivity index (χ1n) is 11.0. The Morgan fingerprint density at radius 1 is 0.692 bits per heavy atom. The van der Waals surface area contributed by atoms with Crippen LogP contribution in [-0.2, 0) is 0 Å². The molecular weight excluding hydrogens is 318 g/mol. The Labute approximate surface area is 162 Å². The molecule has 0 aliphatic heterocycles. The van der Waals surface area contributed by atoms with E-state index in [-0.39, 0.29) is 0 Å². The van der Waals surface area contributed by atoms with Crippen LogP contribution < -0.4 is 4.74 Å². The van der Waals surface area contributed by atoms with Gasteiger partial charge in [0.15, 0.2) is 0 Å². The molecule has 148 valence electrons. The highest BCUT2D eigenvalue weighted by Gasteiger charge is 1.94. The number of aliphatic imine (C=N–C) groups is 1. The highest BCUT2D eigenvalue weighted by molar-refractivity contribution is 5.79. The fourth-order valence-corrected chi connectivity index (χ4v) is 3.26. The SMILES string of the molecule is CCCCCCCCCCCCCCCCN=Cc1ccc(OC)cc1. The van der Waals surface area contributed by atoms with Gasteiger partial charge in [0.2, 0.25) is 0 Å². The van der Waals surface area contributed by atoms with E-state index in [4.69, 9.17) is 4.74 Å². The van der Waals surface area contributed by atoms with E-state index in [9.17, 15) is 0 Å². The average Bonchev–Trinajstić information content (AvgIpc) is 2.68. The monoisotopic (exact) mass is 359 g/mol. The zero-order valence-corrected chi connectivity index (χ0v) is 17.3. The van der Waals surface area contributed by atoms with E-state index in [1.54, 1.807) is 7.11 Å². The third-order valence-corrected chi connectivity index (χ3v) is 5.00. The lowest BCUT2D eigenvalue weighted by Gasteiger charge is -2.03. The van der Waals surface area contributed by atoms with Crippen molar-refractivity contribution in [2.75, 3.05) is 13.7 Å². The largest absolute Gasteiger partial charge is 0.497 e. The molecule has 0 spiro atoms. The van der Waals surface area contributed by atoms with Gasteiger partial charge >= 0.3 is 0 Å². The van der Waals surface area contributed by atoms with E-state index in [2.05, 4.69) is 11.9 Å². The molecule has 0 atom stereocenters. The Morgan fingerprint density at radius 2 is 1.15 bits per heavy atom. The van der Waals surface area contributed by atoms with Crippen molar-refractivity contribution in [1.29, 1.82) is 0 Å². The predicted molar refractivity (Wildman–Crippen MR) is 116 cm³/mol. The van der Waals surface area contributed by atoms with Crippen LogP contribution in [0.25, 0.3) is 0 Å². The van der Waals surface area contributed by atoms with Gasteiger partial charge in [-0.05, 0) is 36.2 Å². The number of rotatable bonds is 17. The molecule has 0 aliphatic rings. The molecule has 1 aromatic carbocycles. The average molecular weight is 360 g/mol. The molecule has 0 unspecified atom stereocenters. The molecule has 0 aliphatic carbocycles.